The summed E-state index contributed by atoms with van der Waals surface area (Å²) in [5.74, 6) is -2.36. The Labute approximate surface area is 201 Å². The first kappa shape index (κ1) is 20.1. The van der Waals surface area contributed by atoms with Gasteiger partial charge in [0, 0.05) is 23.4 Å². The van der Waals surface area contributed by atoms with Gasteiger partial charge in [0.25, 0.3) is 0 Å². The van der Waals surface area contributed by atoms with Gasteiger partial charge < -0.3 is 4.74 Å². The third-order valence-electron chi connectivity index (χ3n) is 7.65. The molecule has 1 aliphatic heterocycles. The molecule has 4 aromatic rings. The number of likely N-dealkylation sites (tertiary alicyclic amines) is 1. The molecule has 0 spiro atoms. The van der Waals surface area contributed by atoms with Crippen LogP contribution >= 0.6 is 0 Å². The van der Waals surface area contributed by atoms with Gasteiger partial charge in [-0.05, 0) is 34.4 Å². The topological polar surface area (TPSA) is 76.6 Å². The summed E-state index contributed by atoms with van der Waals surface area (Å²) in [5, 5.41) is 0.837. The number of benzene rings is 3. The minimum atomic E-state index is -0.661. The zero-order valence-corrected chi connectivity index (χ0v) is 18.6. The summed E-state index contributed by atoms with van der Waals surface area (Å²) in [4.78, 5) is 45.6. The van der Waals surface area contributed by atoms with E-state index in [0.717, 1.165) is 32.5 Å². The zero-order valence-electron chi connectivity index (χ0n) is 18.6. The standard InChI is InChI=1S/C29H20N2O4/c32-22(35-21-13-5-7-16-8-6-14-30-27(16)21)15-31-28(33)25-23-17-9-1-2-10-18(17)24(26(25)29(31)34)20-12-4-3-11-19(20)23/h1-14,23-26H,15H2/t23?,24?,25-,26+. The van der Waals surface area contributed by atoms with Gasteiger partial charge in [-0.1, -0.05) is 66.7 Å². The normalized spacial score (nSPS) is 23.7. The number of imide groups is 1. The van der Waals surface area contributed by atoms with Crippen LogP contribution in [0.2, 0.25) is 0 Å². The number of carbonyl (C=O) groups excluding carboxylic acids is 3. The monoisotopic (exact) mass is 460 g/mol. The molecule has 3 aromatic carbocycles. The molecule has 4 aliphatic rings. The molecule has 1 fully saturated rings. The van der Waals surface area contributed by atoms with E-state index in [1.54, 1.807) is 18.3 Å². The maximum absolute atomic E-state index is 13.6. The van der Waals surface area contributed by atoms with Crippen molar-refractivity contribution in [2.24, 2.45) is 11.8 Å². The van der Waals surface area contributed by atoms with Crippen LogP contribution in [0.15, 0.2) is 85.1 Å². The molecule has 2 amide bonds. The van der Waals surface area contributed by atoms with Gasteiger partial charge in [0.15, 0.2) is 5.75 Å². The SMILES string of the molecule is O=C(CN1C(=O)[C@@H]2C3c4ccccc4C(c4ccccc43)[C@@H]2C1=O)Oc1cccc2cccnc12. The molecule has 3 aliphatic carbocycles. The van der Waals surface area contributed by atoms with Crippen LogP contribution < -0.4 is 4.74 Å². The number of amides is 2. The van der Waals surface area contributed by atoms with E-state index >= 15 is 0 Å². The Morgan fingerprint density at radius 1 is 0.743 bits per heavy atom. The number of hydrogen-bond donors (Lipinski definition) is 0. The third kappa shape index (κ3) is 2.77. The van der Waals surface area contributed by atoms with Crippen LogP contribution in [-0.4, -0.2) is 34.2 Å². The first-order valence-corrected chi connectivity index (χ1v) is 11.7. The molecule has 0 radical (unpaired) electrons. The Morgan fingerprint density at radius 2 is 1.29 bits per heavy atom. The number of nitrogens with zero attached hydrogens (tertiary/aromatic N) is 2. The molecular formula is C29H20N2O4. The first-order chi connectivity index (χ1) is 17.1. The highest BCUT2D eigenvalue weighted by Crippen LogP contribution is 2.60. The lowest BCUT2D eigenvalue weighted by Crippen LogP contribution is -2.41. The maximum atomic E-state index is 13.6. The van der Waals surface area contributed by atoms with Crippen molar-refractivity contribution < 1.29 is 19.1 Å². The van der Waals surface area contributed by atoms with Gasteiger partial charge in [0.1, 0.15) is 12.1 Å². The molecule has 0 N–H and O–H groups in total. The van der Waals surface area contributed by atoms with E-state index in [2.05, 4.69) is 29.2 Å². The highest BCUT2D eigenvalue weighted by molar-refractivity contribution is 6.09. The van der Waals surface area contributed by atoms with Crippen molar-refractivity contribution >= 4 is 28.7 Å². The number of ether oxygens (including phenoxy) is 1. The van der Waals surface area contributed by atoms with Crippen molar-refractivity contribution in [2.45, 2.75) is 11.8 Å². The van der Waals surface area contributed by atoms with Gasteiger partial charge in [0.05, 0.1) is 11.8 Å². The number of para-hydroxylation sites is 1. The van der Waals surface area contributed by atoms with Gasteiger partial charge in [-0.3, -0.25) is 19.5 Å². The lowest BCUT2D eigenvalue weighted by Gasteiger charge is -2.45. The molecule has 2 heterocycles. The second kappa shape index (κ2) is 7.34. The smallest absolute Gasteiger partial charge is 0.331 e. The maximum Gasteiger partial charge on any atom is 0.331 e. The minimum Gasteiger partial charge on any atom is -0.423 e. The highest BCUT2D eigenvalue weighted by atomic mass is 16.5. The lowest BCUT2D eigenvalue weighted by atomic mass is 9.55. The van der Waals surface area contributed by atoms with Crippen molar-refractivity contribution in [3.63, 3.8) is 0 Å². The summed E-state index contributed by atoms with van der Waals surface area (Å²) in [6.45, 7) is -0.417. The van der Waals surface area contributed by atoms with Gasteiger partial charge in [0.2, 0.25) is 11.8 Å². The quantitative estimate of drug-likeness (QED) is 0.262. The van der Waals surface area contributed by atoms with E-state index in [9.17, 15) is 14.4 Å². The van der Waals surface area contributed by atoms with E-state index in [1.807, 2.05) is 42.5 Å². The first-order valence-electron chi connectivity index (χ1n) is 11.7. The fraction of sp³-hybridized carbons (Fsp3) is 0.172. The van der Waals surface area contributed by atoms with Crippen molar-refractivity contribution in [3.05, 3.63) is 107 Å². The Morgan fingerprint density at radius 3 is 1.86 bits per heavy atom. The fourth-order valence-electron chi connectivity index (χ4n) is 6.34. The number of pyridine rings is 1. The average Bonchev–Trinajstić information content (AvgIpc) is 3.14. The van der Waals surface area contributed by atoms with Crippen LogP contribution in [0.4, 0.5) is 0 Å². The molecule has 1 saturated heterocycles. The lowest BCUT2D eigenvalue weighted by molar-refractivity contribution is -0.148. The molecule has 6 nitrogen and oxygen atoms in total. The Kier molecular flexibility index (Phi) is 4.21. The Balaban J connectivity index is 1.22. The molecule has 2 bridgehead atoms. The molecule has 35 heavy (non-hydrogen) atoms. The second-order valence-corrected chi connectivity index (χ2v) is 9.33. The fourth-order valence-corrected chi connectivity index (χ4v) is 6.34. The summed E-state index contributed by atoms with van der Waals surface area (Å²) < 4.78 is 5.59. The van der Waals surface area contributed by atoms with E-state index in [-0.39, 0.29) is 23.7 Å². The predicted octanol–water partition coefficient (Wildman–Crippen LogP) is 4.03. The van der Waals surface area contributed by atoms with Gasteiger partial charge in [-0.25, -0.2) is 4.79 Å². The number of aromatic nitrogens is 1. The number of rotatable bonds is 3. The zero-order chi connectivity index (χ0) is 23.7. The molecule has 0 unspecified atom stereocenters. The van der Waals surface area contributed by atoms with E-state index in [4.69, 9.17) is 4.74 Å². The van der Waals surface area contributed by atoms with Crippen molar-refractivity contribution in [3.8, 4) is 5.75 Å². The molecule has 8 rings (SSSR count). The second-order valence-electron chi connectivity index (χ2n) is 9.33. The third-order valence-corrected chi connectivity index (χ3v) is 7.65. The van der Waals surface area contributed by atoms with Crippen LogP contribution in [0.1, 0.15) is 34.1 Å². The number of esters is 1. The van der Waals surface area contributed by atoms with Gasteiger partial charge in [-0.2, -0.15) is 0 Å². The van der Waals surface area contributed by atoms with Gasteiger partial charge in [-0.15, -0.1) is 0 Å². The van der Waals surface area contributed by atoms with Crippen molar-refractivity contribution in [1.82, 2.24) is 9.88 Å². The summed E-state index contributed by atoms with van der Waals surface area (Å²) in [5.41, 5.74) is 4.96. The average molecular weight is 460 g/mol. The minimum absolute atomic E-state index is 0.197. The molecule has 170 valence electrons. The van der Waals surface area contributed by atoms with Crippen LogP contribution in [0.5, 0.6) is 5.75 Å². The molecule has 0 saturated carbocycles. The number of carbonyl (C=O) groups is 3. The van der Waals surface area contributed by atoms with Crippen LogP contribution in [0, 0.1) is 11.8 Å². The van der Waals surface area contributed by atoms with Crippen LogP contribution in [0.25, 0.3) is 10.9 Å². The predicted molar refractivity (Wildman–Crippen MR) is 128 cm³/mol. The van der Waals surface area contributed by atoms with Crippen LogP contribution in [0.3, 0.4) is 0 Å². The van der Waals surface area contributed by atoms with Crippen LogP contribution in [-0.2, 0) is 14.4 Å². The van der Waals surface area contributed by atoms with E-state index < -0.39 is 24.3 Å². The van der Waals surface area contributed by atoms with Crippen molar-refractivity contribution in [2.75, 3.05) is 6.54 Å². The van der Waals surface area contributed by atoms with E-state index in [1.165, 1.54) is 0 Å². The molecule has 1 aromatic heterocycles. The summed E-state index contributed by atoms with van der Waals surface area (Å²) >= 11 is 0. The summed E-state index contributed by atoms with van der Waals surface area (Å²) in [6.07, 6.45) is 1.63. The van der Waals surface area contributed by atoms with Gasteiger partial charge >= 0.3 is 5.97 Å². The van der Waals surface area contributed by atoms with Crippen molar-refractivity contribution in [1.29, 1.82) is 0 Å². The van der Waals surface area contributed by atoms with E-state index in [0.29, 0.717) is 11.3 Å². The molecular weight excluding hydrogens is 440 g/mol. The Bertz CT molecular complexity index is 1440. The number of fused-ring (bicyclic) bond motifs is 1. The summed E-state index contributed by atoms with van der Waals surface area (Å²) in [7, 11) is 0. The largest absolute Gasteiger partial charge is 0.423 e. The molecule has 2 atom stereocenters. The number of hydrogen-bond acceptors (Lipinski definition) is 5. The highest BCUT2D eigenvalue weighted by Gasteiger charge is 2.61. The Hall–Kier alpha value is -4.32. The summed E-state index contributed by atoms with van der Waals surface area (Å²) in [6, 6.07) is 25.1. The molecule has 6 heteroatoms.